The van der Waals surface area contributed by atoms with Gasteiger partial charge in [0.2, 0.25) is 0 Å². The number of ether oxygens (including phenoxy) is 1. The van der Waals surface area contributed by atoms with Crippen LogP contribution >= 0.6 is 31.9 Å². The summed E-state index contributed by atoms with van der Waals surface area (Å²) in [5.41, 5.74) is 0.452. The van der Waals surface area contributed by atoms with Gasteiger partial charge in [-0.15, -0.1) is 0 Å². The highest BCUT2D eigenvalue weighted by molar-refractivity contribution is 9.09. The Hall–Kier alpha value is -0.0000000000000000555. The average Bonchev–Trinajstić information content (AvgIpc) is 2.06. The molecule has 0 spiro atoms. The summed E-state index contributed by atoms with van der Waals surface area (Å²) in [5.74, 6) is 0. The molecule has 0 saturated carbocycles. The molecule has 0 radical (unpaired) electrons. The van der Waals surface area contributed by atoms with E-state index >= 15 is 0 Å². The summed E-state index contributed by atoms with van der Waals surface area (Å²) >= 11 is 5.76. The number of halogens is 3. The molecule has 1 aromatic heterocycles. The first-order chi connectivity index (χ1) is 5.67. The predicted octanol–water partition coefficient (Wildman–Crippen LogP) is 2.93. The number of alkyl halides is 3. The molecule has 0 N–H and O–H groups in total. The van der Waals surface area contributed by atoms with E-state index in [-0.39, 0.29) is 5.52 Å². The molecule has 1 atom stereocenters. The van der Waals surface area contributed by atoms with Crippen LogP contribution in [0.2, 0.25) is 0 Å². The fraction of sp³-hybridized carbons (Fsp3) is 0.286. The van der Waals surface area contributed by atoms with Crippen molar-refractivity contribution in [2.24, 2.45) is 0 Å². The second-order valence-corrected chi connectivity index (χ2v) is 3.49. The van der Waals surface area contributed by atoms with Crippen molar-refractivity contribution >= 4 is 31.9 Å². The Bertz CT molecular complexity index is 242. The molecule has 1 aromatic rings. The van der Waals surface area contributed by atoms with Crippen LogP contribution in [0.5, 0.6) is 0 Å². The fourth-order valence-electron chi connectivity index (χ4n) is 0.687. The van der Waals surface area contributed by atoms with Crippen LogP contribution in [-0.4, -0.2) is 10.5 Å². The minimum absolute atomic E-state index is 0.115. The van der Waals surface area contributed by atoms with Crippen molar-refractivity contribution in [3.63, 3.8) is 0 Å². The summed E-state index contributed by atoms with van der Waals surface area (Å²) in [6.45, 7) is 0. The molecule has 5 heteroatoms. The van der Waals surface area contributed by atoms with Crippen LogP contribution in [0.15, 0.2) is 24.5 Å². The van der Waals surface area contributed by atoms with E-state index in [1.165, 1.54) is 6.20 Å². The van der Waals surface area contributed by atoms with Gasteiger partial charge in [0.05, 0.1) is 0 Å². The summed E-state index contributed by atoms with van der Waals surface area (Å²) < 4.78 is 16.2. The van der Waals surface area contributed by atoms with Crippen molar-refractivity contribution < 1.29 is 9.13 Å². The van der Waals surface area contributed by atoms with E-state index in [1.807, 2.05) is 0 Å². The summed E-state index contributed by atoms with van der Waals surface area (Å²) in [7, 11) is 0. The third-order valence-electron chi connectivity index (χ3n) is 1.23. The summed E-state index contributed by atoms with van der Waals surface area (Å²) in [6.07, 6.45) is 2.97. The zero-order valence-electron chi connectivity index (χ0n) is 6.01. The van der Waals surface area contributed by atoms with Gasteiger partial charge in [-0.1, -0.05) is 15.9 Å². The molecular weight excluding hydrogens is 293 g/mol. The highest BCUT2D eigenvalue weighted by Crippen LogP contribution is 2.33. The van der Waals surface area contributed by atoms with E-state index in [0.717, 1.165) is 0 Å². The predicted molar refractivity (Wildman–Crippen MR) is 50.8 cm³/mol. The van der Waals surface area contributed by atoms with Gasteiger partial charge < -0.3 is 4.74 Å². The van der Waals surface area contributed by atoms with Crippen LogP contribution < -0.4 is 0 Å². The minimum atomic E-state index is -1.95. The van der Waals surface area contributed by atoms with Crippen molar-refractivity contribution in [1.29, 1.82) is 0 Å². The van der Waals surface area contributed by atoms with Gasteiger partial charge >= 0.3 is 0 Å². The highest BCUT2D eigenvalue weighted by Gasteiger charge is 2.28. The number of hydrogen-bond acceptors (Lipinski definition) is 2. The topological polar surface area (TPSA) is 22.1 Å². The molecule has 0 aromatic carbocycles. The number of rotatable bonds is 3. The Morgan fingerprint density at radius 2 is 2.42 bits per heavy atom. The first-order valence-electron chi connectivity index (χ1n) is 3.15. The molecule has 0 amide bonds. The Kier molecular flexibility index (Phi) is 3.61. The van der Waals surface area contributed by atoms with Gasteiger partial charge in [0.25, 0.3) is 4.76 Å². The van der Waals surface area contributed by atoms with Crippen LogP contribution in [0.1, 0.15) is 5.56 Å². The third kappa shape index (κ3) is 2.50. The second-order valence-electron chi connectivity index (χ2n) is 2.01. The fourth-order valence-corrected chi connectivity index (χ4v) is 1.66. The first-order valence-corrected chi connectivity index (χ1v) is 5.06. The Balaban J connectivity index is 2.82. The third-order valence-corrected chi connectivity index (χ3v) is 2.15. The smallest absolute Gasteiger partial charge is 0.293 e. The Labute approximate surface area is 86.4 Å². The number of aromatic nitrogens is 1. The molecule has 1 rings (SSSR count). The standard InChI is InChI=1S/C7H6Br2FNO/c8-5-12-7(9,10)6-2-1-3-11-4-6/h1-4H,5H2. The largest absolute Gasteiger partial charge is 0.322 e. The lowest BCUT2D eigenvalue weighted by Crippen LogP contribution is -2.15. The van der Waals surface area contributed by atoms with Crippen LogP contribution in [0.3, 0.4) is 0 Å². The number of pyridine rings is 1. The van der Waals surface area contributed by atoms with Crippen LogP contribution in [0.4, 0.5) is 4.39 Å². The lowest BCUT2D eigenvalue weighted by atomic mass is 10.3. The average molecular weight is 299 g/mol. The normalized spacial score (nSPS) is 15.6. The first kappa shape index (κ1) is 10.1. The lowest BCUT2D eigenvalue weighted by Gasteiger charge is -2.16. The van der Waals surface area contributed by atoms with Gasteiger partial charge in [0.15, 0.2) is 0 Å². The molecule has 12 heavy (non-hydrogen) atoms. The molecule has 0 saturated heterocycles. The Morgan fingerprint density at radius 3 is 2.92 bits per heavy atom. The maximum atomic E-state index is 13.4. The van der Waals surface area contributed by atoms with Crippen LogP contribution in [-0.2, 0) is 9.50 Å². The van der Waals surface area contributed by atoms with E-state index < -0.39 is 4.76 Å². The lowest BCUT2D eigenvalue weighted by molar-refractivity contribution is -0.0433. The van der Waals surface area contributed by atoms with Crippen LogP contribution in [0.25, 0.3) is 0 Å². The van der Waals surface area contributed by atoms with E-state index in [0.29, 0.717) is 5.56 Å². The molecular formula is C7H6Br2FNO. The SMILES string of the molecule is FC(Br)(OCBr)c1cccnc1. The molecule has 66 valence electrons. The molecule has 0 bridgehead atoms. The quantitative estimate of drug-likeness (QED) is 0.801. The second kappa shape index (κ2) is 4.30. The van der Waals surface area contributed by atoms with Gasteiger partial charge in [0, 0.05) is 18.0 Å². The zero-order valence-corrected chi connectivity index (χ0v) is 9.18. The highest BCUT2D eigenvalue weighted by atomic mass is 79.9. The number of hydrogen-bond donors (Lipinski definition) is 0. The van der Waals surface area contributed by atoms with E-state index in [1.54, 1.807) is 18.3 Å². The van der Waals surface area contributed by atoms with Crippen molar-refractivity contribution in [2.75, 3.05) is 5.52 Å². The van der Waals surface area contributed by atoms with E-state index in [2.05, 4.69) is 36.8 Å². The van der Waals surface area contributed by atoms with E-state index in [9.17, 15) is 4.39 Å². The van der Waals surface area contributed by atoms with Gasteiger partial charge in [-0.3, -0.25) is 4.98 Å². The number of nitrogens with zero attached hydrogens (tertiary/aromatic N) is 1. The molecule has 1 heterocycles. The summed E-state index contributed by atoms with van der Waals surface area (Å²) in [5, 5.41) is 0. The molecule has 0 aliphatic heterocycles. The molecule has 0 aliphatic carbocycles. The molecule has 2 nitrogen and oxygen atoms in total. The van der Waals surface area contributed by atoms with Gasteiger partial charge in [-0.2, -0.15) is 4.39 Å². The molecule has 0 fully saturated rings. The zero-order chi connectivity index (χ0) is 9.03. The van der Waals surface area contributed by atoms with Gasteiger partial charge in [-0.05, 0) is 28.1 Å². The summed E-state index contributed by atoms with van der Waals surface area (Å²) in [6, 6.07) is 3.23. The van der Waals surface area contributed by atoms with Crippen molar-refractivity contribution in [2.45, 2.75) is 4.76 Å². The Morgan fingerprint density at radius 1 is 1.67 bits per heavy atom. The van der Waals surface area contributed by atoms with E-state index in [4.69, 9.17) is 4.74 Å². The summed E-state index contributed by atoms with van der Waals surface area (Å²) in [4.78, 5) is 3.77. The van der Waals surface area contributed by atoms with Gasteiger partial charge in [0.1, 0.15) is 5.52 Å². The maximum absolute atomic E-state index is 13.4. The van der Waals surface area contributed by atoms with Crippen molar-refractivity contribution in [3.05, 3.63) is 30.1 Å². The van der Waals surface area contributed by atoms with Crippen molar-refractivity contribution in [1.82, 2.24) is 4.98 Å². The maximum Gasteiger partial charge on any atom is 0.293 e. The minimum Gasteiger partial charge on any atom is -0.322 e. The van der Waals surface area contributed by atoms with Gasteiger partial charge in [-0.25, -0.2) is 0 Å². The molecule has 1 unspecified atom stereocenters. The monoisotopic (exact) mass is 297 g/mol. The van der Waals surface area contributed by atoms with Crippen LogP contribution in [0, 0.1) is 0 Å². The van der Waals surface area contributed by atoms with Crippen molar-refractivity contribution in [3.8, 4) is 0 Å². The molecule has 0 aliphatic rings.